The molecule has 13 heavy (non-hydrogen) atoms. The lowest BCUT2D eigenvalue weighted by atomic mass is 10.1. The zero-order chi connectivity index (χ0) is 9.26. The summed E-state index contributed by atoms with van der Waals surface area (Å²) in [7, 11) is 0. The van der Waals surface area contributed by atoms with Crippen molar-refractivity contribution in [1.29, 1.82) is 0 Å². The van der Waals surface area contributed by atoms with E-state index in [1.165, 1.54) is 0 Å². The van der Waals surface area contributed by atoms with E-state index in [9.17, 15) is 0 Å². The van der Waals surface area contributed by atoms with Gasteiger partial charge in [-0.25, -0.2) is 0 Å². The first-order valence-electron chi connectivity index (χ1n) is 3.73. The SMILES string of the molecule is Clc1cccc(-c2cc[nH]n2)c1Cl. The fraction of sp³-hybridized carbons (Fsp3) is 0. The highest BCUT2D eigenvalue weighted by molar-refractivity contribution is 6.43. The zero-order valence-electron chi connectivity index (χ0n) is 6.59. The molecule has 1 heterocycles. The van der Waals surface area contributed by atoms with Gasteiger partial charge in [0, 0.05) is 11.8 Å². The summed E-state index contributed by atoms with van der Waals surface area (Å²) in [5.74, 6) is 0. The topological polar surface area (TPSA) is 28.7 Å². The second-order valence-electron chi connectivity index (χ2n) is 2.56. The molecule has 2 rings (SSSR count). The Morgan fingerprint density at radius 3 is 2.69 bits per heavy atom. The van der Waals surface area contributed by atoms with Crippen LogP contribution < -0.4 is 0 Å². The van der Waals surface area contributed by atoms with Crippen LogP contribution in [0.5, 0.6) is 0 Å². The Bertz CT molecular complexity index is 410. The number of benzene rings is 1. The number of H-pyrrole nitrogens is 1. The van der Waals surface area contributed by atoms with E-state index >= 15 is 0 Å². The molecule has 0 bridgehead atoms. The summed E-state index contributed by atoms with van der Waals surface area (Å²) >= 11 is 11.9. The Balaban J connectivity index is 2.59. The van der Waals surface area contributed by atoms with Crippen molar-refractivity contribution in [3.8, 4) is 11.3 Å². The smallest absolute Gasteiger partial charge is 0.0936 e. The molecule has 0 fully saturated rings. The van der Waals surface area contributed by atoms with Crippen LogP contribution >= 0.6 is 23.2 Å². The average Bonchev–Trinajstić information content (AvgIpc) is 2.62. The largest absolute Gasteiger partial charge is 0.285 e. The molecule has 0 aliphatic heterocycles. The van der Waals surface area contributed by atoms with E-state index in [2.05, 4.69) is 10.2 Å². The van der Waals surface area contributed by atoms with E-state index < -0.39 is 0 Å². The van der Waals surface area contributed by atoms with Gasteiger partial charge in [0.1, 0.15) is 0 Å². The molecule has 4 heteroatoms. The minimum atomic E-state index is 0.538. The van der Waals surface area contributed by atoms with Gasteiger partial charge in [-0.2, -0.15) is 5.10 Å². The van der Waals surface area contributed by atoms with Crippen LogP contribution in [0.4, 0.5) is 0 Å². The first-order valence-corrected chi connectivity index (χ1v) is 4.49. The predicted octanol–water partition coefficient (Wildman–Crippen LogP) is 3.38. The summed E-state index contributed by atoms with van der Waals surface area (Å²) in [4.78, 5) is 0. The zero-order valence-corrected chi connectivity index (χ0v) is 8.10. The highest BCUT2D eigenvalue weighted by atomic mass is 35.5. The van der Waals surface area contributed by atoms with Gasteiger partial charge in [0.05, 0.1) is 15.7 Å². The normalized spacial score (nSPS) is 10.3. The fourth-order valence-electron chi connectivity index (χ4n) is 1.11. The minimum Gasteiger partial charge on any atom is -0.285 e. The van der Waals surface area contributed by atoms with E-state index in [1.807, 2.05) is 18.2 Å². The molecular weight excluding hydrogens is 207 g/mol. The molecular formula is C9H6Cl2N2. The Hall–Kier alpha value is -0.990. The third-order valence-electron chi connectivity index (χ3n) is 1.73. The van der Waals surface area contributed by atoms with E-state index in [1.54, 1.807) is 12.3 Å². The van der Waals surface area contributed by atoms with Crippen LogP contribution in [0.1, 0.15) is 0 Å². The van der Waals surface area contributed by atoms with Gasteiger partial charge in [-0.05, 0) is 12.1 Å². The Kier molecular flexibility index (Phi) is 2.25. The summed E-state index contributed by atoms with van der Waals surface area (Å²) in [6, 6.07) is 7.32. The molecule has 2 nitrogen and oxygen atoms in total. The molecule has 2 aromatic rings. The molecule has 1 N–H and O–H groups in total. The molecule has 0 aliphatic carbocycles. The van der Waals surface area contributed by atoms with Crippen LogP contribution in [0.25, 0.3) is 11.3 Å². The molecule has 1 aromatic heterocycles. The quantitative estimate of drug-likeness (QED) is 0.772. The van der Waals surface area contributed by atoms with Crippen molar-refractivity contribution in [1.82, 2.24) is 10.2 Å². The van der Waals surface area contributed by atoms with Crippen molar-refractivity contribution in [2.24, 2.45) is 0 Å². The number of rotatable bonds is 1. The van der Waals surface area contributed by atoms with E-state index in [0.29, 0.717) is 10.0 Å². The van der Waals surface area contributed by atoms with Gasteiger partial charge in [-0.1, -0.05) is 35.3 Å². The van der Waals surface area contributed by atoms with Crippen LogP contribution in [0.3, 0.4) is 0 Å². The maximum absolute atomic E-state index is 6.00. The van der Waals surface area contributed by atoms with E-state index in [4.69, 9.17) is 23.2 Å². The van der Waals surface area contributed by atoms with Crippen LogP contribution in [0, 0.1) is 0 Å². The molecule has 66 valence electrons. The van der Waals surface area contributed by atoms with Crippen molar-refractivity contribution in [3.05, 3.63) is 40.5 Å². The Labute approximate surface area is 85.5 Å². The summed E-state index contributed by atoms with van der Waals surface area (Å²) in [6.07, 6.45) is 1.74. The van der Waals surface area contributed by atoms with Crippen molar-refractivity contribution in [2.75, 3.05) is 0 Å². The van der Waals surface area contributed by atoms with Gasteiger partial charge < -0.3 is 0 Å². The summed E-state index contributed by atoms with van der Waals surface area (Å²) in [5, 5.41) is 7.83. The standard InChI is InChI=1S/C9H6Cl2N2/c10-7-3-1-2-6(9(7)11)8-4-5-12-13-8/h1-5H,(H,12,13). The lowest BCUT2D eigenvalue weighted by Crippen LogP contribution is -1.80. The third-order valence-corrected chi connectivity index (χ3v) is 2.55. The van der Waals surface area contributed by atoms with Crippen molar-refractivity contribution >= 4 is 23.2 Å². The van der Waals surface area contributed by atoms with Gasteiger partial charge in [0.2, 0.25) is 0 Å². The lowest BCUT2D eigenvalue weighted by Gasteiger charge is -2.01. The lowest BCUT2D eigenvalue weighted by molar-refractivity contribution is 1.10. The molecule has 1 aromatic carbocycles. The summed E-state index contributed by atoms with van der Waals surface area (Å²) in [5.41, 5.74) is 1.64. The molecule has 0 atom stereocenters. The molecule has 0 saturated carbocycles. The first-order chi connectivity index (χ1) is 6.29. The molecule has 0 saturated heterocycles. The van der Waals surface area contributed by atoms with Crippen molar-refractivity contribution in [3.63, 3.8) is 0 Å². The maximum Gasteiger partial charge on any atom is 0.0936 e. The molecule has 0 spiro atoms. The van der Waals surface area contributed by atoms with Gasteiger partial charge in [-0.3, -0.25) is 5.10 Å². The number of nitrogens with one attached hydrogen (secondary N) is 1. The van der Waals surface area contributed by atoms with Crippen LogP contribution in [-0.4, -0.2) is 10.2 Å². The van der Waals surface area contributed by atoms with E-state index in [0.717, 1.165) is 11.3 Å². The highest BCUT2D eigenvalue weighted by Gasteiger charge is 2.07. The Morgan fingerprint density at radius 1 is 1.15 bits per heavy atom. The second-order valence-corrected chi connectivity index (χ2v) is 3.35. The number of nitrogens with zero attached hydrogens (tertiary/aromatic N) is 1. The van der Waals surface area contributed by atoms with Gasteiger partial charge in [0.15, 0.2) is 0 Å². The maximum atomic E-state index is 6.00. The van der Waals surface area contributed by atoms with E-state index in [-0.39, 0.29) is 0 Å². The average molecular weight is 213 g/mol. The third kappa shape index (κ3) is 1.55. The molecule has 0 amide bonds. The number of hydrogen-bond acceptors (Lipinski definition) is 1. The van der Waals surface area contributed by atoms with Crippen LogP contribution in [0.2, 0.25) is 10.0 Å². The van der Waals surface area contributed by atoms with Crippen LogP contribution in [0.15, 0.2) is 30.5 Å². The second kappa shape index (κ2) is 3.40. The van der Waals surface area contributed by atoms with Crippen LogP contribution in [-0.2, 0) is 0 Å². The summed E-state index contributed by atoms with van der Waals surface area (Å²) in [6.45, 7) is 0. The number of halogens is 2. The number of aromatic amines is 1. The van der Waals surface area contributed by atoms with Crippen molar-refractivity contribution < 1.29 is 0 Å². The summed E-state index contributed by atoms with van der Waals surface area (Å²) < 4.78 is 0. The highest BCUT2D eigenvalue weighted by Crippen LogP contribution is 2.31. The predicted molar refractivity (Wildman–Crippen MR) is 54.0 cm³/mol. The van der Waals surface area contributed by atoms with Gasteiger partial charge >= 0.3 is 0 Å². The van der Waals surface area contributed by atoms with Gasteiger partial charge in [-0.15, -0.1) is 0 Å². The molecule has 0 aliphatic rings. The number of aromatic nitrogens is 2. The van der Waals surface area contributed by atoms with Crippen molar-refractivity contribution in [2.45, 2.75) is 0 Å². The number of hydrogen-bond donors (Lipinski definition) is 1. The van der Waals surface area contributed by atoms with Gasteiger partial charge in [0.25, 0.3) is 0 Å². The monoisotopic (exact) mass is 212 g/mol. The Morgan fingerprint density at radius 2 is 2.00 bits per heavy atom. The molecule has 0 radical (unpaired) electrons. The molecule has 0 unspecified atom stereocenters. The fourth-order valence-corrected chi connectivity index (χ4v) is 1.51. The first kappa shape index (κ1) is 8.60. The minimum absolute atomic E-state index is 0.538.